The van der Waals surface area contributed by atoms with Crippen molar-refractivity contribution in [3.8, 4) is 0 Å². The number of ketones is 1. The maximum absolute atomic E-state index is 13.9. The van der Waals surface area contributed by atoms with Crippen LogP contribution < -0.4 is 0 Å². The molecule has 2 aromatic rings. The minimum Gasteiger partial charge on any atom is -0.292 e. The van der Waals surface area contributed by atoms with Gasteiger partial charge in [-0.25, -0.2) is 5.01 Å². The number of carbonyl (C=O) groups excluding carboxylic acids is 4. The summed E-state index contributed by atoms with van der Waals surface area (Å²) in [6.45, 7) is 1.82. The standard InChI is InChI=1S/C26H23Cl2N3O6/c1-15-3-2-4-20-22(15)26(35)30(25(20)34)29(24(33)17-7-11-19(12-8-17)31(36)37)21(13-14-27)23(32)16-5-9-18(28)10-6-16/h2-3,5-12,15,20-22H,4,13-14H2,1H3/t15-,20+,21-,22-/m1/s1. The normalized spacial score (nSPS) is 21.5. The van der Waals surface area contributed by atoms with E-state index in [1.807, 2.05) is 19.1 Å². The van der Waals surface area contributed by atoms with Gasteiger partial charge in [-0.1, -0.05) is 30.7 Å². The van der Waals surface area contributed by atoms with Crippen LogP contribution in [0.5, 0.6) is 0 Å². The lowest BCUT2D eigenvalue weighted by Gasteiger charge is -2.36. The number of rotatable bonds is 8. The van der Waals surface area contributed by atoms with Gasteiger partial charge < -0.3 is 0 Å². The lowest BCUT2D eigenvalue weighted by molar-refractivity contribution is -0.384. The van der Waals surface area contributed by atoms with Crippen LogP contribution in [0.25, 0.3) is 0 Å². The van der Waals surface area contributed by atoms with Crippen molar-refractivity contribution >= 4 is 52.4 Å². The lowest BCUT2D eigenvalue weighted by atomic mass is 9.78. The molecule has 4 atom stereocenters. The second-order valence-corrected chi connectivity index (χ2v) is 9.78. The number of non-ortho nitro benzene ring substituents is 1. The fourth-order valence-electron chi connectivity index (χ4n) is 4.85. The van der Waals surface area contributed by atoms with Crippen molar-refractivity contribution in [1.29, 1.82) is 0 Å². The summed E-state index contributed by atoms with van der Waals surface area (Å²) in [5.74, 6) is -4.14. The van der Waals surface area contributed by atoms with Crippen LogP contribution in [-0.2, 0) is 9.59 Å². The summed E-state index contributed by atoms with van der Waals surface area (Å²) in [6, 6.07) is 9.44. The third kappa shape index (κ3) is 5.01. The molecule has 1 aliphatic carbocycles. The van der Waals surface area contributed by atoms with Crippen molar-refractivity contribution < 1.29 is 24.1 Å². The number of imide groups is 1. The molecule has 11 heteroatoms. The van der Waals surface area contributed by atoms with Crippen LogP contribution in [0.2, 0.25) is 5.02 Å². The molecule has 0 radical (unpaired) electrons. The second-order valence-electron chi connectivity index (χ2n) is 8.96. The van der Waals surface area contributed by atoms with Gasteiger partial charge in [0, 0.05) is 34.2 Å². The first kappa shape index (κ1) is 26.5. The highest BCUT2D eigenvalue weighted by Crippen LogP contribution is 2.40. The summed E-state index contributed by atoms with van der Waals surface area (Å²) in [5, 5.41) is 13.2. The highest BCUT2D eigenvalue weighted by molar-refractivity contribution is 6.30. The maximum atomic E-state index is 13.9. The van der Waals surface area contributed by atoms with Crippen molar-refractivity contribution in [3.63, 3.8) is 0 Å². The number of hydrogen-bond donors (Lipinski definition) is 0. The Morgan fingerprint density at radius 1 is 1.08 bits per heavy atom. The Morgan fingerprint density at radius 2 is 1.70 bits per heavy atom. The van der Waals surface area contributed by atoms with E-state index in [9.17, 15) is 29.3 Å². The highest BCUT2D eigenvalue weighted by Gasteiger charge is 2.54. The molecule has 192 valence electrons. The van der Waals surface area contributed by atoms with Gasteiger partial charge in [-0.15, -0.1) is 11.6 Å². The minimum absolute atomic E-state index is 0.0317. The predicted molar refractivity (Wildman–Crippen MR) is 136 cm³/mol. The fraction of sp³-hybridized carbons (Fsp3) is 0.308. The molecule has 2 aliphatic rings. The van der Waals surface area contributed by atoms with E-state index in [1.54, 1.807) is 0 Å². The molecule has 0 N–H and O–H groups in total. The second kappa shape index (κ2) is 10.8. The number of benzene rings is 2. The van der Waals surface area contributed by atoms with E-state index < -0.39 is 46.3 Å². The summed E-state index contributed by atoms with van der Waals surface area (Å²) >= 11 is 12.0. The molecule has 1 heterocycles. The molecule has 3 amide bonds. The number of fused-ring (bicyclic) bond motifs is 1. The molecule has 9 nitrogen and oxygen atoms in total. The summed E-state index contributed by atoms with van der Waals surface area (Å²) in [5.41, 5.74) is -0.0554. The number of halogens is 2. The van der Waals surface area contributed by atoms with Crippen LogP contribution in [-0.4, -0.2) is 50.4 Å². The van der Waals surface area contributed by atoms with E-state index in [-0.39, 0.29) is 35.0 Å². The zero-order chi connectivity index (χ0) is 26.9. The SMILES string of the molecule is C[C@@H]1C=CC[C@@H]2C(=O)N(N(C(=O)c3ccc([N+](=O)[O-])cc3)[C@H](CCCl)C(=O)c3ccc(Cl)cc3)C(=O)[C@H]12. The average Bonchev–Trinajstić information content (AvgIpc) is 3.14. The van der Waals surface area contributed by atoms with Crippen molar-refractivity contribution in [2.75, 3.05) is 5.88 Å². The lowest BCUT2D eigenvalue weighted by Crippen LogP contribution is -2.57. The Balaban J connectivity index is 1.81. The molecular formula is C26H23Cl2N3O6. The number of alkyl halides is 1. The minimum atomic E-state index is -1.29. The molecule has 1 fully saturated rings. The predicted octanol–water partition coefficient (Wildman–Crippen LogP) is 4.68. The zero-order valence-electron chi connectivity index (χ0n) is 19.8. The zero-order valence-corrected chi connectivity index (χ0v) is 21.3. The number of Topliss-reactive ketones (excluding diaryl/α,β-unsaturated/α-hetero) is 1. The van der Waals surface area contributed by atoms with Gasteiger partial charge in [-0.05, 0) is 55.2 Å². The first-order valence-electron chi connectivity index (χ1n) is 11.6. The molecular weight excluding hydrogens is 521 g/mol. The van der Waals surface area contributed by atoms with Crippen LogP contribution in [0.3, 0.4) is 0 Å². The Bertz CT molecular complexity index is 1280. The van der Waals surface area contributed by atoms with Gasteiger partial charge in [-0.3, -0.25) is 29.3 Å². The Labute approximate surface area is 222 Å². The number of carbonyl (C=O) groups is 4. The van der Waals surface area contributed by atoms with Crippen LogP contribution in [0.1, 0.15) is 40.5 Å². The number of hydrogen-bond acceptors (Lipinski definition) is 6. The van der Waals surface area contributed by atoms with Crippen molar-refractivity contribution in [1.82, 2.24) is 10.0 Å². The molecule has 2 aromatic carbocycles. The van der Waals surface area contributed by atoms with Crippen molar-refractivity contribution in [3.05, 3.63) is 86.9 Å². The van der Waals surface area contributed by atoms with E-state index in [1.165, 1.54) is 36.4 Å². The maximum Gasteiger partial charge on any atom is 0.273 e. The van der Waals surface area contributed by atoms with Gasteiger partial charge in [0.2, 0.25) is 0 Å². The third-order valence-electron chi connectivity index (χ3n) is 6.71. The number of amides is 3. The highest BCUT2D eigenvalue weighted by atomic mass is 35.5. The molecule has 1 aliphatic heterocycles. The van der Waals surface area contributed by atoms with Crippen LogP contribution in [0.15, 0.2) is 60.7 Å². The van der Waals surface area contributed by atoms with Crippen molar-refractivity contribution in [2.45, 2.75) is 25.8 Å². The molecule has 1 saturated heterocycles. The topological polar surface area (TPSA) is 118 Å². The number of nitro groups is 1. The number of hydrazine groups is 1. The number of nitrogens with zero attached hydrogens (tertiary/aromatic N) is 3. The average molecular weight is 544 g/mol. The van der Waals surface area contributed by atoms with Gasteiger partial charge in [-0.2, -0.15) is 5.01 Å². The van der Waals surface area contributed by atoms with Gasteiger partial charge >= 0.3 is 0 Å². The summed E-state index contributed by atoms with van der Waals surface area (Å²) in [6.07, 6.45) is 3.97. The summed E-state index contributed by atoms with van der Waals surface area (Å²) < 4.78 is 0. The number of allylic oxidation sites excluding steroid dienone is 2. The van der Waals surface area contributed by atoms with E-state index in [0.717, 1.165) is 22.2 Å². The Hall–Kier alpha value is -3.56. The molecule has 37 heavy (non-hydrogen) atoms. The van der Waals surface area contributed by atoms with Crippen molar-refractivity contribution in [2.24, 2.45) is 17.8 Å². The van der Waals surface area contributed by atoms with Crippen LogP contribution >= 0.6 is 23.2 Å². The molecule has 0 spiro atoms. The van der Waals surface area contributed by atoms with Gasteiger partial charge in [0.05, 0.1) is 16.8 Å². The molecule has 0 aromatic heterocycles. The molecule has 0 saturated carbocycles. The number of nitro benzene ring substituents is 1. The van der Waals surface area contributed by atoms with Gasteiger partial charge in [0.25, 0.3) is 23.4 Å². The molecule has 0 unspecified atom stereocenters. The Kier molecular flexibility index (Phi) is 7.75. The third-order valence-corrected chi connectivity index (χ3v) is 7.18. The van der Waals surface area contributed by atoms with E-state index >= 15 is 0 Å². The summed E-state index contributed by atoms with van der Waals surface area (Å²) in [7, 11) is 0. The van der Waals surface area contributed by atoms with Crippen LogP contribution in [0, 0.1) is 27.9 Å². The quantitative estimate of drug-likeness (QED) is 0.119. The van der Waals surface area contributed by atoms with E-state index in [4.69, 9.17) is 23.2 Å². The monoisotopic (exact) mass is 543 g/mol. The molecule has 4 rings (SSSR count). The van der Waals surface area contributed by atoms with Crippen LogP contribution in [0.4, 0.5) is 5.69 Å². The first-order valence-corrected chi connectivity index (χ1v) is 12.5. The smallest absolute Gasteiger partial charge is 0.273 e. The largest absolute Gasteiger partial charge is 0.292 e. The Morgan fingerprint density at radius 3 is 2.27 bits per heavy atom. The fourth-order valence-corrected chi connectivity index (χ4v) is 5.18. The summed E-state index contributed by atoms with van der Waals surface area (Å²) in [4.78, 5) is 65.2. The van der Waals surface area contributed by atoms with Gasteiger partial charge in [0.15, 0.2) is 5.78 Å². The molecule has 0 bridgehead atoms. The first-order chi connectivity index (χ1) is 17.6. The van der Waals surface area contributed by atoms with E-state index in [0.29, 0.717) is 11.4 Å². The van der Waals surface area contributed by atoms with Gasteiger partial charge in [0.1, 0.15) is 6.04 Å². The van der Waals surface area contributed by atoms with E-state index in [2.05, 4.69) is 0 Å².